The van der Waals surface area contributed by atoms with Crippen LogP contribution in [-0.2, 0) is 11.2 Å². The summed E-state index contributed by atoms with van der Waals surface area (Å²) in [6, 6.07) is 5.31. The first-order valence-electron chi connectivity index (χ1n) is 6.20. The van der Waals surface area contributed by atoms with Gasteiger partial charge in [0.25, 0.3) is 6.43 Å². The zero-order valence-corrected chi connectivity index (χ0v) is 12.5. The summed E-state index contributed by atoms with van der Waals surface area (Å²) in [5.41, 5.74) is 1.61. The third-order valence-electron chi connectivity index (χ3n) is 2.95. The van der Waals surface area contributed by atoms with Crippen molar-refractivity contribution in [3.05, 3.63) is 40.0 Å². The Morgan fingerprint density at radius 1 is 1.41 bits per heavy atom. The van der Waals surface area contributed by atoms with Crippen molar-refractivity contribution in [1.82, 2.24) is 15.2 Å². The highest BCUT2D eigenvalue weighted by atomic mass is 35.5. The number of amides is 1. The lowest BCUT2D eigenvalue weighted by Crippen LogP contribution is -2.14. The van der Waals surface area contributed by atoms with E-state index in [-0.39, 0.29) is 17.5 Å². The molecule has 1 amide bonds. The highest BCUT2D eigenvalue weighted by molar-refractivity contribution is 7.15. The van der Waals surface area contributed by atoms with Crippen molar-refractivity contribution in [1.29, 1.82) is 0 Å². The van der Waals surface area contributed by atoms with Crippen LogP contribution in [0.5, 0.6) is 0 Å². The largest absolute Gasteiger partial charge is 0.361 e. The van der Waals surface area contributed by atoms with Crippen LogP contribution in [-0.4, -0.2) is 21.1 Å². The molecule has 2 aromatic heterocycles. The van der Waals surface area contributed by atoms with Crippen LogP contribution in [0.25, 0.3) is 10.9 Å². The Labute approximate surface area is 132 Å². The number of benzene rings is 1. The van der Waals surface area contributed by atoms with E-state index in [1.54, 1.807) is 18.3 Å². The van der Waals surface area contributed by atoms with E-state index >= 15 is 0 Å². The molecule has 0 radical (unpaired) electrons. The fraction of sp³-hybridized carbons (Fsp3) is 0.154. The van der Waals surface area contributed by atoms with Crippen LogP contribution >= 0.6 is 22.9 Å². The number of fused-ring (bicyclic) bond motifs is 1. The molecule has 0 saturated carbocycles. The number of aromatic nitrogens is 3. The van der Waals surface area contributed by atoms with Crippen LogP contribution in [0.15, 0.2) is 24.4 Å². The van der Waals surface area contributed by atoms with E-state index in [4.69, 9.17) is 11.6 Å². The summed E-state index contributed by atoms with van der Waals surface area (Å²) >= 11 is 6.55. The first-order valence-corrected chi connectivity index (χ1v) is 7.39. The van der Waals surface area contributed by atoms with Gasteiger partial charge in [-0.2, -0.15) is 0 Å². The number of carbonyl (C=O) groups is 1. The van der Waals surface area contributed by atoms with Crippen LogP contribution in [0, 0.1) is 0 Å². The quantitative estimate of drug-likeness (QED) is 0.757. The molecule has 2 N–H and O–H groups in total. The minimum atomic E-state index is -2.69. The fourth-order valence-corrected chi connectivity index (χ4v) is 2.80. The number of anilines is 1. The monoisotopic (exact) mass is 342 g/mol. The number of rotatable bonds is 4. The summed E-state index contributed by atoms with van der Waals surface area (Å²) in [4.78, 5) is 15.0. The number of carbonyl (C=O) groups excluding carboxylic acids is 1. The number of hydrogen-bond donors (Lipinski definition) is 2. The topological polar surface area (TPSA) is 70.7 Å². The van der Waals surface area contributed by atoms with Gasteiger partial charge in [-0.1, -0.05) is 29.0 Å². The van der Waals surface area contributed by atoms with Gasteiger partial charge in [0, 0.05) is 22.1 Å². The lowest BCUT2D eigenvalue weighted by atomic mass is 10.1. The van der Waals surface area contributed by atoms with Crippen molar-refractivity contribution >= 4 is 44.9 Å². The second-order valence-corrected chi connectivity index (χ2v) is 5.92. The van der Waals surface area contributed by atoms with Gasteiger partial charge in [-0.15, -0.1) is 10.2 Å². The van der Waals surface area contributed by atoms with Crippen LogP contribution in [0.1, 0.15) is 17.0 Å². The molecule has 0 atom stereocenters. The summed E-state index contributed by atoms with van der Waals surface area (Å²) in [7, 11) is 0. The fourth-order valence-electron chi connectivity index (χ4n) is 2.01. The molecule has 2 heterocycles. The molecule has 0 aliphatic carbocycles. The zero-order chi connectivity index (χ0) is 15.7. The Bertz CT molecular complexity index is 832. The third kappa shape index (κ3) is 3.07. The first-order chi connectivity index (χ1) is 10.5. The maximum absolute atomic E-state index is 12.4. The third-order valence-corrected chi connectivity index (χ3v) is 4.04. The van der Waals surface area contributed by atoms with Gasteiger partial charge in [-0.05, 0) is 17.7 Å². The number of alkyl halides is 2. The Balaban J connectivity index is 1.72. The molecular formula is C13H9ClF2N4OS. The van der Waals surface area contributed by atoms with E-state index in [9.17, 15) is 13.6 Å². The Hall–Kier alpha value is -2.06. The van der Waals surface area contributed by atoms with Crippen LogP contribution < -0.4 is 5.32 Å². The molecule has 0 saturated heterocycles. The summed E-state index contributed by atoms with van der Waals surface area (Å²) in [6.45, 7) is 0. The van der Waals surface area contributed by atoms with Crippen molar-refractivity contribution in [2.45, 2.75) is 12.8 Å². The predicted octanol–water partition coefficient (Wildman–Crippen LogP) is 3.79. The van der Waals surface area contributed by atoms with Crippen LogP contribution in [0.3, 0.4) is 0 Å². The number of nitrogens with zero attached hydrogens (tertiary/aromatic N) is 2. The van der Waals surface area contributed by atoms with Crippen molar-refractivity contribution in [3.63, 3.8) is 0 Å². The number of aromatic amines is 1. The zero-order valence-electron chi connectivity index (χ0n) is 10.9. The highest BCUT2D eigenvalue weighted by Gasteiger charge is 2.16. The second kappa shape index (κ2) is 5.98. The lowest BCUT2D eigenvalue weighted by Gasteiger charge is -2.00. The lowest BCUT2D eigenvalue weighted by molar-refractivity contribution is -0.115. The van der Waals surface area contributed by atoms with Gasteiger partial charge in [-0.3, -0.25) is 4.79 Å². The van der Waals surface area contributed by atoms with E-state index in [1.807, 2.05) is 6.07 Å². The maximum atomic E-state index is 12.4. The minimum absolute atomic E-state index is 0.0585. The molecule has 114 valence electrons. The van der Waals surface area contributed by atoms with Gasteiger partial charge < -0.3 is 10.3 Å². The average Bonchev–Trinajstić information content (AvgIpc) is 3.06. The standard InChI is InChI=1S/C13H9ClF2N4OS/c14-7-1-2-8-6(5-17-9(8)4-7)3-10(21)18-13-20-19-12(22-13)11(15)16/h1-2,4-5,11,17H,3H2,(H,18,20,21). The van der Waals surface area contributed by atoms with Crippen LogP contribution in [0.4, 0.5) is 13.9 Å². The number of H-pyrrole nitrogens is 1. The molecule has 5 nitrogen and oxygen atoms in total. The van der Waals surface area contributed by atoms with Gasteiger partial charge in [0.05, 0.1) is 6.42 Å². The molecule has 3 rings (SSSR count). The molecule has 0 fully saturated rings. The molecule has 0 aliphatic rings. The van der Waals surface area contributed by atoms with Gasteiger partial charge in [0.1, 0.15) is 0 Å². The average molecular weight is 343 g/mol. The van der Waals surface area contributed by atoms with E-state index in [0.29, 0.717) is 16.4 Å². The number of nitrogens with one attached hydrogen (secondary N) is 2. The van der Waals surface area contributed by atoms with E-state index < -0.39 is 11.4 Å². The first kappa shape index (κ1) is 14.9. The van der Waals surface area contributed by atoms with Crippen molar-refractivity contribution in [2.75, 3.05) is 5.32 Å². The van der Waals surface area contributed by atoms with Crippen molar-refractivity contribution < 1.29 is 13.6 Å². The molecule has 0 aliphatic heterocycles. The SMILES string of the molecule is O=C(Cc1c[nH]c2cc(Cl)ccc12)Nc1nnc(C(F)F)s1. The maximum Gasteiger partial charge on any atom is 0.291 e. The Morgan fingerprint density at radius 2 is 2.23 bits per heavy atom. The Kier molecular flexibility index (Phi) is 4.04. The Morgan fingerprint density at radius 3 is 2.95 bits per heavy atom. The second-order valence-electron chi connectivity index (χ2n) is 4.47. The summed E-state index contributed by atoms with van der Waals surface area (Å²) in [5.74, 6) is -0.354. The highest BCUT2D eigenvalue weighted by Crippen LogP contribution is 2.26. The minimum Gasteiger partial charge on any atom is -0.361 e. The summed E-state index contributed by atoms with van der Waals surface area (Å²) < 4.78 is 24.8. The van der Waals surface area contributed by atoms with Crippen molar-refractivity contribution in [2.24, 2.45) is 0 Å². The summed E-state index contributed by atoms with van der Waals surface area (Å²) in [6.07, 6.45) is -0.891. The number of hydrogen-bond acceptors (Lipinski definition) is 4. The van der Waals surface area contributed by atoms with Gasteiger partial charge in [0.15, 0.2) is 5.01 Å². The smallest absolute Gasteiger partial charge is 0.291 e. The summed E-state index contributed by atoms with van der Waals surface area (Å²) in [5, 5.41) is 10.4. The molecule has 0 unspecified atom stereocenters. The van der Waals surface area contributed by atoms with Gasteiger partial charge >= 0.3 is 0 Å². The van der Waals surface area contributed by atoms with E-state index in [0.717, 1.165) is 16.5 Å². The van der Waals surface area contributed by atoms with Crippen LogP contribution in [0.2, 0.25) is 5.02 Å². The molecule has 1 aromatic carbocycles. The normalized spacial score (nSPS) is 11.3. The molecule has 22 heavy (non-hydrogen) atoms. The van der Waals surface area contributed by atoms with E-state index in [1.165, 1.54) is 0 Å². The molecule has 0 spiro atoms. The molecule has 0 bridgehead atoms. The number of halogens is 3. The predicted molar refractivity (Wildman–Crippen MR) is 80.5 cm³/mol. The van der Waals surface area contributed by atoms with Crippen molar-refractivity contribution in [3.8, 4) is 0 Å². The molecule has 9 heteroatoms. The molecular weight excluding hydrogens is 334 g/mol. The van der Waals surface area contributed by atoms with Gasteiger partial charge in [0.2, 0.25) is 11.0 Å². The molecule has 3 aromatic rings. The van der Waals surface area contributed by atoms with Gasteiger partial charge in [-0.25, -0.2) is 8.78 Å². The van der Waals surface area contributed by atoms with E-state index in [2.05, 4.69) is 20.5 Å².